The maximum atomic E-state index is 2.37. The second-order valence-electron chi connectivity index (χ2n) is 11.9. The van der Waals surface area contributed by atoms with Gasteiger partial charge in [0.25, 0.3) is 0 Å². The van der Waals surface area contributed by atoms with Crippen LogP contribution in [0.2, 0.25) is 13.6 Å². The van der Waals surface area contributed by atoms with Crippen molar-refractivity contribution < 1.29 is 0 Å². The van der Waals surface area contributed by atoms with E-state index in [0.717, 1.165) is 0 Å². The van der Waals surface area contributed by atoms with Crippen LogP contribution in [0.1, 0.15) is 72.1 Å². The molecule has 4 aliphatic rings. The zero-order valence-electron chi connectivity index (χ0n) is 20.3. The molecular formula is C30H42As2. The van der Waals surface area contributed by atoms with Gasteiger partial charge in [-0.05, 0) is 0 Å². The van der Waals surface area contributed by atoms with Gasteiger partial charge in [-0.2, -0.15) is 0 Å². The second kappa shape index (κ2) is 10.0. The van der Waals surface area contributed by atoms with Crippen molar-refractivity contribution in [1.82, 2.24) is 0 Å². The monoisotopic (exact) mass is 552 g/mol. The molecule has 0 saturated heterocycles. The molecule has 4 aliphatic carbocycles. The molecule has 2 aromatic rings. The van der Waals surface area contributed by atoms with Crippen molar-refractivity contribution in [3.8, 4) is 0 Å². The van der Waals surface area contributed by atoms with Gasteiger partial charge in [0.1, 0.15) is 0 Å². The molecule has 6 atom stereocenters. The van der Waals surface area contributed by atoms with E-state index in [2.05, 4.69) is 81.4 Å². The Labute approximate surface area is 208 Å². The van der Waals surface area contributed by atoms with Crippen LogP contribution in [0.5, 0.6) is 0 Å². The average molecular weight is 553 g/mol. The molecule has 0 spiro atoms. The van der Waals surface area contributed by atoms with Gasteiger partial charge in [0.05, 0.1) is 0 Å². The summed E-state index contributed by atoms with van der Waals surface area (Å²) in [5.41, 5.74) is 0. The summed E-state index contributed by atoms with van der Waals surface area (Å²) in [6, 6.07) is 22.0. The van der Waals surface area contributed by atoms with Crippen LogP contribution < -0.4 is 8.70 Å². The van der Waals surface area contributed by atoms with Gasteiger partial charge in [0.2, 0.25) is 0 Å². The van der Waals surface area contributed by atoms with E-state index in [0.29, 0.717) is 20.0 Å². The Kier molecular flexibility index (Phi) is 7.31. The molecule has 0 heterocycles. The molecule has 6 unspecified atom stereocenters. The van der Waals surface area contributed by atoms with Gasteiger partial charge in [-0.1, -0.05) is 0 Å². The molecule has 2 aromatic carbocycles. The van der Waals surface area contributed by atoms with Gasteiger partial charge in [0.15, 0.2) is 0 Å². The van der Waals surface area contributed by atoms with Gasteiger partial charge in [-0.25, -0.2) is 0 Å². The van der Waals surface area contributed by atoms with Crippen molar-refractivity contribution in [2.45, 2.75) is 85.8 Å². The molecule has 172 valence electrons. The fraction of sp³-hybridized carbons (Fsp3) is 0.600. The Hall–Kier alpha value is -0.443. The van der Waals surface area contributed by atoms with E-state index >= 15 is 0 Å². The predicted octanol–water partition coefficient (Wildman–Crippen LogP) is 6.74. The van der Waals surface area contributed by atoms with Crippen molar-refractivity contribution in [2.24, 2.45) is 23.7 Å². The van der Waals surface area contributed by atoms with Gasteiger partial charge < -0.3 is 0 Å². The van der Waals surface area contributed by atoms with Crippen LogP contribution in [-0.4, -0.2) is 30.4 Å². The first-order valence-electron chi connectivity index (χ1n) is 13.1. The summed E-state index contributed by atoms with van der Waals surface area (Å²) in [6.07, 6.45) is 13.1. The van der Waals surface area contributed by atoms with Crippen LogP contribution in [-0.2, 0) is 0 Å². The first-order valence-corrected chi connectivity index (χ1v) is 18.4. The molecule has 4 saturated carbocycles. The van der Waals surface area contributed by atoms with Crippen molar-refractivity contribution >= 4 is 39.1 Å². The van der Waals surface area contributed by atoms with E-state index in [9.17, 15) is 0 Å². The van der Waals surface area contributed by atoms with E-state index < -0.39 is 14.7 Å². The molecular weight excluding hydrogens is 510 g/mol. The molecule has 0 amide bonds. The molecule has 0 nitrogen and oxygen atoms in total. The molecule has 4 bridgehead atoms. The average Bonchev–Trinajstić information content (AvgIpc) is 3.57. The molecule has 32 heavy (non-hydrogen) atoms. The van der Waals surface area contributed by atoms with Crippen LogP contribution in [0, 0.1) is 23.7 Å². The van der Waals surface area contributed by atoms with E-state index in [4.69, 9.17) is 0 Å². The van der Waals surface area contributed by atoms with Crippen molar-refractivity contribution in [3.05, 3.63) is 60.7 Å². The fourth-order valence-electron chi connectivity index (χ4n) is 7.25. The number of fused-ring (bicyclic) bond motifs is 4. The molecule has 0 aliphatic heterocycles. The summed E-state index contributed by atoms with van der Waals surface area (Å²) >= 11 is -0.777. The first-order chi connectivity index (χ1) is 15.5. The topological polar surface area (TPSA) is 0 Å². The van der Waals surface area contributed by atoms with Crippen LogP contribution in [0.3, 0.4) is 0 Å². The Bertz CT molecular complexity index is 790. The third-order valence-electron chi connectivity index (χ3n) is 8.60. The number of rotatable bonds is 4. The van der Waals surface area contributed by atoms with Crippen LogP contribution >= 0.6 is 0 Å². The van der Waals surface area contributed by atoms with E-state index in [1.807, 2.05) is 0 Å². The second-order valence-corrected chi connectivity index (χ2v) is 22.1. The molecule has 4 fully saturated rings. The summed E-state index contributed by atoms with van der Waals surface area (Å²) in [4.78, 5) is 0. The summed E-state index contributed by atoms with van der Waals surface area (Å²) in [6.45, 7) is 7.10. The van der Waals surface area contributed by atoms with Crippen LogP contribution in [0.4, 0.5) is 0 Å². The SMILES string of the molecule is C1CC2CC1CC2[AsH]C1CC2CCC1C2.CC(C)(C)[As](c1ccccc1)c1ccccc1. The summed E-state index contributed by atoms with van der Waals surface area (Å²) in [5, 5.41) is 0. The minimum absolute atomic E-state index is 0.371. The summed E-state index contributed by atoms with van der Waals surface area (Å²) < 4.78 is 6.05. The Morgan fingerprint density at radius 3 is 1.38 bits per heavy atom. The van der Waals surface area contributed by atoms with Gasteiger partial charge in [-0.15, -0.1) is 0 Å². The first kappa shape index (κ1) is 23.3. The van der Waals surface area contributed by atoms with E-state index in [-0.39, 0.29) is 0 Å². The van der Waals surface area contributed by atoms with Crippen molar-refractivity contribution in [1.29, 1.82) is 0 Å². The summed E-state index contributed by atoms with van der Waals surface area (Å²) in [7, 11) is 0. The van der Waals surface area contributed by atoms with E-state index in [1.54, 1.807) is 60.1 Å². The number of hydrogen-bond acceptors (Lipinski definition) is 0. The quantitative estimate of drug-likeness (QED) is 0.369. The third kappa shape index (κ3) is 5.28. The predicted molar refractivity (Wildman–Crippen MR) is 143 cm³/mol. The van der Waals surface area contributed by atoms with Gasteiger partial charge >= 0.3 is 209 Å². The Morgan fingerprint density at radius 2 is 1.06 bits per heavy atom. The fourth-order valence-corrected chi connectivity index (χ4v) is 18.6. The number of benzene rings is 2. The Morgan fingerprint density at radius 1 is 0.625 bits per heavy atom. The molecule has 0 N–H and O–H groups in total. The van der Waals surface area contributed by atoms with Gasteiger partial charge in [0, 0.05) is 0 Å². The standard InChI is InChI=1S/C16H19As.C14H23As/c1-16(2,3)17(14-10-6-4-7-11-14)15-12-8-5-9-13-15;1-3-11-5-9(1)7-13(11)15-14-8-10-2-4-12(14)6-10/h4-13H,1-3H3;9-15H,1-8H2. The van der Waals surface area contributed by atoms with Crippen LogP contribution in [0.15, 0.2) is 60.7 Å². The van der Waals surface area contributed by atoms with Crippen molar-refractivity contribution in [2.75, 3.05) is 0 Å². The normalized spacial score (nSPS) is 33.2. The van der Waals surface area contributed by atoms with Crippen LogP contribution in [0.25, 0.3) is 0 Å². The Balaban J connectivity index is 0.000000136. The zero-order valence-corrected chi connectivity index (χ0v) is 24.3. The molecule has 0 radical (unpaired) electrons. The maximum absolute atomic E-state index is 2.37. The molecule has 2 heteroatoms. The molecule has 0 aromatic heterocycles. The third-order valence-corrected chi connectivity index (χ3v) is 19.6. The zero-order chi connectivity index (χ0) is 22.1. The minimum atomic E-state index is -1.22. The number of hydrogen-bond donors (Lipinski definition) is 0. The van der Waals surface area contributed by atoms with Gasteiger partial charge in [-0.3, -0.25) is 0 Å². The summed E-state index contributed by atoms with van der Waals surface area (Å²) in [5.74, 6) is 4.85. The van der Waals surface area contributed by atoms with Crippen molar-refractivity contribution in [3.63, 3.8) is 0 Å². The molecule has 6 rings (SSSR count). The van der Waals surface area contributed by atoms with E-state index in [1.165, 1.54) is 33.1 Å².